The molecule has 1 aromatic carbocycles. The Morgan fingerprint density at radius 1 is 1.23 bits per heavy atom. The number of nitrogens with one attached hydrogen (secondary N) is 2. The molecule has 0 saturated carbocycles. The fraction of sp³-hybridized carbons (Fsp3) is 0.533. The van der Waals surface area contributed by atoms with Crippen LogP contribution in [0.3, 0.4) is 0 Å². The van der Waals surface area contributed by atoms with Crippen molar-refractivity contribution in [2.75, 3.05) is 31.5 Å². The third-order valence-corrected chi connectivity index (χ3v) is 3.83. The van der Waals surface area contributed by atoms with E-state index in [4.69, 9.17) is 12.2 Å². The molecule has 0 unspecified atom stereocenters. The quantitative estimate of drug-likeness (QED) is 0.638. The lowest BCUT2D eigenvalue weighted by molar-refractivity contribution is -0.137. The zero-order valence-electron chi connectivity index (χ0n) is 12.2. The van der Waals surface area contributed by atoms with Gasteiger partial charge in [-0.2, -0.15) is 13.2 Å². The van der Waals surface area contributed by atoms with Crippen LogP contribution >= 0.6 is 12.2 Å². The minimum Gasteiger partial charge on any atom is -0.362 e. The van der Waals surface area contributed by atoms with Crippen LogP contribution in [0.1, 0.15) is 24.8 Å². The van der Waals surface area contributed by atoms with Crippen molar-refractivity contribution in [1.82, 2.24) is 10.2 Å². The molecule has 0 aliphatic carbocycles. The van der Waals surface area contributed by atoms with E-state index in [1.165, 1.54) is 18.9 Å². The van der Waals surface area contributed by atoms with Crippen LogP contribution < -0.4 is 10.6 Å². The first-order valence-corrected chi connectivity index (χ1v) is 7.80. The summed E-state index contributed by atoms with van der Waals surface area (Å²) in [5, 5.41) is 6.16. The number of benzene rings is 1. The fourth-order valence-electron chi connectivity index (χ4n) is 2.46. The fourth-order valence-corrected chi connectivity index (χ4v) is 2.68. The third kappa shape index (κ3) is 5.46. The lowest BCUT2D eigenvalue weighted by Crippen LogP contribution is -2.31. The molecule has 0 bridgehead atoms. The lowest BCUT2D eigenvalue weighted by Gasteiger charge is -2.15. The van der Waals surface area contributed by atoms with Crippen molar-refractivity contribution in [3.63, 3.8) is 0 Å². The van der Waals surface area contributed by atoms with Gasteiger partial charge in [0.2, 0.25) is 0 Å². The predicted octanol–water partition coefficient (Wildman–Crippen LogP) is 3.48. The standard InChI is InChI=1S/C15H20F3N3S/c16-15(17,18)12-5-3-6-13(11-12)20-14(22)19-7-4-10-21-8-1-2-9-21/h3,5-6,11H,1-2,4,7-10H2,(H2,19,20,22). The molecule has 0 atom stereocenters. The van der Waals surface area contributed by atoms with E-state index < -0.39 is 11.7 Å². The Labute approximate surface area is 133 Å². The van der Waals surface area contributed by atoms with Crippen molar-refractivity contribution in [1.29, 1.82) is 0 Å². The van der Waals surface area contributed by atoms with Gasteiger partial charge in [-0.05, 0) is 69.3 Å². The van der Waals surface area contributed by atoms with E-state index in [0.717, 1.165) is 38.2 Å². The van der Waals surface area contributed by atoms with Gasteiger partial charge in [0.05, 0.1) is 5.56 Å². The average molecular weight is 331 g/mol. The second kappa shape index (κ2) is 7.78. The number of rotatable bonds is 5. The molecule has 1 heterocycles. The first-order valence-electron chi connectivity index (χ1n) is 7.39. The number of thiocarbonyl (C=S) groups is 1. The van der Waals surface area contributed by atoms with Crippen LogP contribution in [-0.4, -0.2) is 36.2 Å². The molecule has 2 rings (SSSR count). The Morgan fingerprint density at radius 2 is 1.95 bits per heavy atom. The highest BCUT2D eigenvalue weighted by Crippen LogP contribution is 2.30. The molecule has 122 valence electrons. The SMILES string of the molecule is FC(F)(F)c1cccc(NC(=S)NCCCN2CCCC2)c1. The van der Waals surface area contributed by atoms with E-state index in [-0.39, 0.29) is 0 Å². The van der Waals surface area contributed by atoms with Crippen molar-refractivity contribution in [3.05, 3.63) is 29.8 Å². The number of alkyl halides is 3. The van der Waals surface area contributed by atoms with Crippen LogP contribution in [0.5, 0.6) is 0 Å². The lowest BCUT2D eigenvalue weighted by atomic mass is 10.2. The van der Waals surface area contributed by atoms with Gasteiger partial charge in [-0.25, -0.2) is 0 Å². The summed E-state index contributed by atoms with van der Waals surface area (Å²) in [5.41, 5.74) is -0.346. The summed E-state index contributed by atoms with van der Waals surface area (Å²) in [6.07, 6.45) is -0.848. The molecule has 3 nitrogen and oxygen atoms in total. The molecule has 22 heavy (non-hydrogen) atoms. The number of halogens is 3. The number of anilines is 1. The summed E-state index contributed by atoms with van der Waals surface area (Å²) < 4.78 is 37.9. The van der Waals surface area contributed by atoms with Crippen molar-refractivity contribution in [2.45, 2.75) is 25.4 Å². The first-order chi connectivity index (χ1) is 10.4. The first kappa shape index (κ1) is 17.0. The van der Waals surface area contributed by atoms with E-state index >= 15 is 0 Å². The number of hydrogen-bond acceptors (Lipinski definition) is 2. The molecule has 1 saturated heterocycles. The van der Waals surface area contributed by atoms with Gasteiger partial charge in [0.1, 0.15) is 0 Å². The smallest absolute Gasteiger partial charge is 0.362 e. The molecule has 1 aliphatic heterocycles. The summed E-state index contributed by atoms with van der Waals surface area (Å²) in [5.74, 6) is 0. The van der Waals surface area contributed by atoms with Gasteiger partial charge < -0.3 is 15.5 Å². The minimum atomic E-state index is -4.34. The molecule has 1 aliphatic rings. The van der Waals surface area contributed by atoms with E-state index in [1.807, 2.05) is 0 Å². The number of nitrogens with zero attached hydrogens (tertiary/aromatic N) is 1. The Kier molecular flexibility index (Phi) is 6.02. The average Bonchev–Trinajstić information content (AvgIpc) is 2.96. The van der Waals surface area contributed by atoms with E-state index in [1.54, 1.807) is 6.07 Å². The Morgan fingerprint density at radius 3 is 2.64 bits per heavy atom. The molecule has 7 heteroatoms. The third-order valence-electron chi connectivity index (χ3n) is 3.58. The number of hydrogen-bond donors (Lipinski definition) is 2. The van der Waals surface area contributed by atoms with Crippen LogP contribution in [0.2, 0.25) is 0 Å². The van der Waals surface area contributed by atoms with Crippen LogP contribution in [0.4, 0.5) is 18.9 Å². The maximum Gasteiger partial charge on any atom is 0.416 e. The summed E-state index contributed by atoms with van der Waals surface area (Å²) in [4.78, 5) is 2.41. The topological polar surface area (TPSA) is 27.3 Å². The van der Waals surface area contributed by atoms with E-state index in [2.05, 4.69) is 15.5 Å². The van der Waals surface area contributed by atoms with Crippen LogP contribution in [0.25, 0.3) is 0 Å². The van der Waals surface area contributed by atoms with Gasteiger partial charge in [0.25, 0.3) is 0 Å². The highest BCUT2D eigenvalue weighted by molar-refractivity contribution is 7.80. The summed E-state index contributed by atoms with van der Waals surface area (Å²) in [7, 11) is 0. The highest BCUT2D eigenvalue weighted by Gasteiger charge is 2.30. The van der Waals surface area contributed by atoms with Crippen LogP contribution in [-0.2, 0) is 6.18 Å². The van der Waals surface area contributed by atoms with Gasteiger partial charge in [-0.15, -0.1) is 0 Å². The number of likely N-dealkylation sites (tertiary alicyclic amines) is 1. The van der Waals surface area contributed by atoms with Crippen molar-refractivity contribution >= 4 is 23.0 Å². The van der Waals surface area contributed by atoms with Crippen LogP contribution in [0.15, 0.2) is 24.3 Å². The Hall–Kier alpha value is -1.34. The Bertz CT molecular complexity index is 499. The van der Waals surface area contributed by atoms with Crippen molar-refractivity contribution in [2.24, 2.45) is 0 Å². The summed E-state index contributed by atoms with van der Waals surface area (Å²) >= 11 is 5.10. The highest BCUT2D eigenvalue weighted by atomic mass is 32.1. The monoisotopic (exact) mass is 331 g/mol. The second-order valence-electron chi connectivity index (χ2n) is 5.36. The van der Waals surface area contributed by atoms with Gasteiger partial charge >= 0.3 is 6.18 Å². The van der Waals surface area contributed by atoms with Crippen molar-refractivity contribution in [3.8, 4) is 0 Å². The molecule has 1 fully saturated rings. The van der Waals surface area contributed by atoms with E-state index in [0.29, 0.717) is 17.3 Å². The maximum atomic E-state index is 12.6. The van der Waals surface area contributed by atoms with Gasteiger partial charge in [0.15, 0.2) is 5.11 Å². The van der Waals surface area contributed by atoms with Crippen LogP contribution in [0, 0.1) is 0 Å². The van der Waals surface area contributed by atoms with Gasteiger partial charge in [-0.1, -0.05) is 6.07 Å². The molecule has 0 radical (unpaired) electrons. The molecule has 2 N–H and O–H groups in total. The van der Waals surface area contributed by atoms with Crippen molar-refractivity contribution < 1.29 is 13.2 Å². The molecule has 0 spiro atoms. The largest absolute Gasteiger partial charge is 0.416 e. The molecule has 0 amide bonds. The zero-order valence-corrected chi connectivity index (χ0v) is 13.1. The summed E-state index contributed by atoms with van der Waals surface area (Å²) in [6.45, 7) is 4.06. The van der Waals surface area contributed by atoms with Gasteiger partial charge in [0, 0.05) is 12.2 Å². The molecule has 1 aromatic rings. The second-order valence-corrected chi connectivity index (χ2v) is 5.77. The molecule has 0 aromatic heterocycles. The minimum absolute atomic E-state index is 0.340. The normalized spacial score (nSPS) is 15.8. The van der Waals surface area contributed by atoms with E-state index in [9.17, 15) is 13.2 Å². The molecular weight excluding hydrogens is 311 g/mol. The van der Waals surface area contributed by atoms with Gasteiger partial charge in [-0.3, -0.25) is 0 Å². The zero-order chi connectivity index (χ0) is 16.0. The Balaban J connectivity index is 1.72. The summed E-state index contributed by atoms with van der Waals surface area (Å²) in [6, 6.07) is 5.02. The molecular formula is C15H20F3N3S. The predicted molar refractivity (Wildman–Crippen MR) is 86.0 cm³/mol. The maximum absolute atomic E-state index is 12.6.